The molecule has 0 aliphatic heterocycles. The van der Waals surface area contributed by atoms with Gasteiger partial charge in [-0.25, -0.2) is 4.39 Å². The van der Waals surface area contributed by atoms with Gasteiger partial charge in [-0.3, -0.25) is 4.79 Å². The molecular formula is C15H19FN2OS. The molecule has 0 saturated carbocycles. The zero-order chi connectivity index (χ0) is 14.8. The van der Waals surface area contributed by atoms with E-state index < -0.39 is 0 Å². The lowest BCUT2D eigenvalue weighted by Crippen LogP contribution is -2.45. The molecule has 1 aromatic heterocycles. The van der Waals surface area contributed by atoms with E-state index in [0.29, 0.717) is 18.6 Å². The summed E-state index contributed by atoms with van der Waals surface area (Å²) in [6.45, 7) is 3.96. The van der Waals surface area contributed by atoms with E-state index >= 15 is 0 Å². The smallest absolute Gasteiger partial charge is 0.221 e. The fourth-order valence-corrected chi connectivity index (χ4v) is 2.57. The Hall–Kier alpha value is -1.49. The largest absolute Gasteiger partial charge is 0.361 e. The van der Waals surface area contributed by atoms with Gasteiger partial charge in [0.25, 0.3) is 0 Å². The van der Waals surface area contributed by atoms with Crippen molar-refractivity contribution in [3.8, 4) is 0 Å². The van der Waals surface area contributed by atoms with Gasteiger partial charge in [0.2, 0.25) is 5.91 Å². The second-order valence-electron chi connectivity index (χ2n) is 5.59. The predicted molar refractivity (Wildman–Crippen MR) is 82.7 cm³/mol. The van der Waals surface area contributed by atoms with Crippen molar-refractivity contribution in [3.63, 3.8) is 0 Å². The Morgan fingerprint density at radius 1 is 1.45 bits per heavy atom. The Balaban J connectivity index is 2.16. The van der Waals surface area contributed by atoms with Crippen molar-refractivity contribution >= 4 is 29.4 Å². The highest BCUT2D eigenvalue weighted by molar-refractivity contribution is 7.80. The lowest BCUT2D eigenvalue weighted by molar-refractivity contribution is -0.122. The monoisotopic (exact) mass is 294 g/mol. The molecule has 20 heavy (non-hydrogen) atoms. The molecule has 0 bridgehead atoms. The van der Waals surface area contributed by atoms with Crippen molar-refractivity contribution in [2.75, 3.05) is 5.75 Å². The van der Waals surface area contributed by atoms with E-state index in [1.807, 2.05) is 20.0 Å². The Bertz CT molecular complexity index is 621. The third-order valence-corrected chi connectivity index (χ3v) is 3.40. The maximum absolute atomic E-state index is 13.2. The van der Waals surface area contributed by atoms with Crippen LogP contribution in [0, 0.1) is 5.82 Å². The van der Waals surface area contributed by atoms with E-state index in [0.717, 1.165) is 16.5 Å². The molecular weight excluding hydrogens is 275 g/mol. The van der Waals surface area contributed by atoms with Crippen LogP contribution in [0.1, 0.15) is 25.8 Å². The summed E-state index contributed by atoms with van der Waals surface area (Å²) in [5.41, 5.74) is 1.48. The fourth-order valence-electron chi connectivity index (χ4n) is 2.37. The van der Waals surface area contributed by atoms with Gasteiger partial charge >= 0.3 is 0 Å². The highest BCUT2D eigenvalue weighted by atomic mass is 32.1. The number of aromatic amines is 1. The van der Waals surface area contributed by atoms with E-state index in [1.165, 1.54) is 12.1 Å². The number of carbonyl (C=O) groups excluding carboxylic acids is 1. The van der Waals surface area contributed by atoms with E-state index in [4.69, 9.17) is 0 Å². The summed E-state index contributed by atoms with van der Waals surface area (Å²) in [5.74, 6) is 0.275. The summed E-state index contributed by atoms with van der Waals surface area (Å²) in [7, 11) is 0. The van der Waals surface area contributed by atoms with Crippen molar-refractivity contribution in [1.29, 1.82) is 0 Å². The highest BCUT2D eigenvalue weighted by Gasteiger charge is 2.22. The summed E-state index contributed by atoms with van der Waals surface area (Å²) in [4.78, 5) is 14.7. The normalized spacial score (nSPS) is 11.8. The van der Waals surface area contributed by atoms with Crippen LogP contribution in [0.3, 0.4) is 0 Å². The zero-order valence-electron chi connectivity index (χ0n) is 11.7. The second-order valence-corrected chi connectivity index (χ2v) is 6.03. The first kappa shape index (κ1) is 14.9. The molecule has 0 aliphatic carbocycles. The Labute approximate surface area is 123 Å². The molecule has 0 atom stereocenters. The van der Waals surface area contributed by atoms with Gasteiger partial charge in [-0.15, -0.1) is 0 Å². The summed E-state index contributed by atoms with van der Waals surface area (Å²) < 4.78 is 13.2. The maximum Gasteiger partial charge on any atom is 0.221 e. The molecule has 0 spiro atoms. The number of carbonyl (C=O) groups is 1. The predicted octanol–water partition coefficient (Wildman–Crippen LogP) is 3.06. The average molecular weight is 294 g/mol. The molecule has 2 aromatic rings. The number of aromatic nitrogens is 1. The molecule has 1 heterocycles. The quantitative estimate of drug-likeness (QED) is 0.729. The first-order valence-electron chi connectivity index (χ1n) is 6.59. The minimum atomic E-state index is -0.358. The molecule has 0 aliphatic rings. The number of thiol groups is 1. The SMILES string of the molecule is CC(C)(Cc1c[nH]c2cc(F)ccc12)NC(=O)CCS. The number of hydrogen-bond acceptors (Lipinski definition) is 2. The van der Waals surface area contributed by atoms with Crippen LogP contribution < -0.4 is 5.32 Å². The Kier molecular flexibility index (Phi) is 4.38. The van der Waals surface area contributed by atoms with Crippen LogP contribution in [-0.4, -0.2) is 22.2 Å². The van der Waals surface area contributed by atoms with Crippen LogP contribution in [0.25, 0.3) is 10.9 Å². The molecule has 1 amide bonds. The number of halogens is 1. The van der Waals surface area contributed by atoms with Crippen molar-refractivity contribution in [2.45, 2.75) is 32.2 Å². The Morgan fingerprint density at radius 2 is 2.20 bits per heavy atom. The fraction of sp³-hybridized carbons (Fsp3) is 0.400. The van der Waals surface area contributed by atoms with E-state index in [2.05, 4.69) is 22.9 Å². The number of amides is 1. The molecule has 2 rings (SSSR count). The molecule has 2 N–H and O–H groups in total. The van der Waals surface area contributed by atoms with Gasteiger partial charge in [-0.2, -0.15) is 12.6 Å². The van der Waals surface area contributed by atoms with Crippen molar-refractivity contribution in [2.24, 2.45) is 0 Å². The molecule has 1 aromatic carbocycles. The third-order valence-electron chi connectivity index (χ3n) is 3.18. The first-order chi connectivity index (χ1) is 9.41. The van der Waals surface area contributed by atoms with Crippen LogP contribution >= 0.6 is 12.6 Å². The molecule has 0 radical (unpaired) electrons. The number of H-pyrrole nitrogens is 1. The molecule has 5 heteroatoms. The number of benzene rings is 1. The van der Waals surface area contributed by atoms with E-state index in [1.54, 1.807) is 6.07 Å². The van der Waals surface area contributed by atoms with Gasteiger partial charge in [0, 0.05) is 29.1 Å². The van der Waals surface area contributed by atoms with Crippen molar-refractivity contribution < 1.29 is 9.18 Å². The van der Waals surface area contributed by atoms with Gasteiger partial charge < -0.3 is 10.3 Å². The average Bonchev–Trinajstić information content (AvgIpc) is 2.70. The van der Waals surface area contributed by atoms with Crippen LogP contribution in [0.2, 0.25) is 0 Å². The number of hydrogen-bond donors (Lipinski definition) is 3. The van der Waals surface area contributed by atoms with Crippen LogP contribution in [0.15, 0.2) is 24.4 Å². The van der Waals surface area contributed by atoms with Gasteiger partial charge in [-0.1, -0.05) is 0 Å². The standard InChI is InChI=1S/C15H19FN2OS/c1-15(2,18-14(19)5-6-20)8-10-9-17-13-7-11(16)3-4-12(10)13/h3-4,7,9,17,20H,5-6,8H2,1-2H3,(H,18,19). The highest BCUT2D eigenvalue weighted by Crippen LogP contribution is 2.23. The lowest BCUT2D eigenvalue weighted by Gasteiger charge is -2.26. The minimum absolute atomic E-state index is 0.00381. The number of rotatable bonds is 5. The number of fused-ring (bicyclic) bond motifs is 1. The van der Waals surface area contributed by atoms with E-state index in [9.17, 15) is 9.18 Å². The van der Waals surface area contributed by atoms with Crippen LogP contribution in [0.4, 0.5) is 4.39 Å². The minimum Gasteiger partial charge on any atom is -0.361 e. The van der Waals surface area contributed by atoms with E-state index in [-0.39, 0.29) is 17.3 Å². The maximum atomic E-state index is 13.2. The molecule has 3 nitrogen and oxygen atoms in total. The van der Waals surface area contributed by atoms with Crippen LogP contribution in [0.5, 0.6) is 0 Å². The zero-order valence-corrected chi connectivity index (χ0v) is 12.6. The first-order valence-corrected chi connectivity index (χ1v) is 7.22. The summed E-state index contributed by atoms with van der Waals surface area (Å²) >= 11 is 4.06. The third kappa shape index (κ3) is 3.54. The second kappa shape index (κ2) is 5.87. The molecule has 0 saturated heterocycles. The van der Waals surface area contributed by atoms with Gasteiger partial charge in [0.15, 0.2) is 0 Å². The lowest BCUT2D eigenvalue weighted by atomic mass is 9.94. The summed E-state index contributed by atoms with van der Waals surface area (Å²) in [6, 6.07) is 4.69. The van der Waals surface area contributed by atoms with Crippen molar-refractivity contribution in [1.82, 2.24) is 10.3 Å². The summed E-state index contributed by atoms with van der Waals surface area (Å²) in [6.07, 6.45) is 2.96. The molecule has 0 unspecified atom stereocenters. The number of nitrogens with one attached hydrogen (secondary N) is 2. The van der Waals surface area contributed by atoms with Crippen LogP contribution in [-0.2, 0) is 11.2 Å². The topological polar surface area (TPSA) is 44.9 Å². The Morgan fingerprint density at radius 3 is 2.90 bits per heavy atom. The van der Waals surface area contributed by atoms with Gasteiger partial charge in [0.05, 0.1) is 0 Å². The van der Waals surface area contributed by atoms with Crippen molar-refractivity contribution in [3.05, 3.63) is 35.8 Å². The van der Waals surface area contributed by atoms with Gasteiger partial charge in [0.1, 0.15) is 5.82 Å². The summed E-state index contributed by atoms with van der Waals surface area (Å²) in [5, 5.41) is 3.98. The molecule has 108 valence electrons. The van der Waals surface area contributed by atoms with Gasteiger partial charge in [-0.05, 0) is 49.8 Å². The molecule has 0 fully saturated rings.